The smallest absolute Gasteiger partial charge is 0.228 e. The Bertz CT molecular complexity index is 806. The van der Waals surface area contributed by atoms with Crippen LogP contribution in [0.2, 0.25) is 0 Å². The molecule has 3 N–H and O–H groups in total. The minimum absolute atomic E-state index is 0.00446. The van der Waals surface area contributed by atoms with E-state index in [1.54, 1.807) is 19.1 Å². The summed E-state index contributed by atoms with van der Waals surface area (Å²) in [6.07, 6.45) is -0.0159. The lowest BCUT2D eigenvalue weighted by Gasteiger charge is -2.28. The molecule has 1 aliphatic rings. The van der Waals surface area contributed by atoms with Crippen molar-refractivity contribution in [1.29, 1.82) is 0 Å². The van der Waals surface area contributed by atoms with Gasteiger partial charge in [0.05, 0.1) is 12.5 Å². The molecule has 0 radical (unpaired) electrons. The molecular formula is C19H19FN2O3. The molecule has 0 spiro atoms. The Hall–Kier alpha value is -2.73. The van der Waals surface area contributed by atoms with Crippen LogP contribution in [0.5, 0.6) is 0 Å². The summed E-state index contributed by atoms with van der Waals surface area (Å²) in [5.41, 5.74) is 0.322. The third-order valence-electron chi connectivity index (χ3n) is 4.37. The molecule has 2 atom stereocenters. The van der Waals surface area contributed by atoms with Crippen molar-refractivity contribution in [3.63, 3.8) is 0 Å². The van der Waals surface area contributed by atoms with Gasteiger partial charge in [0, 0.05) is 12.1 Å². The summed E-state index contributed by atoms with van der Waals surface area (Å²) in [5.74, 6) is -1.91. The Morgan fingerprint density at radius 1 is 1.32 bits per heavy atom. The van der Waals surface area contributed by atoms with Gasteiger partial charge in [0.2, 0.25) is 11.8 Å². The highest BCUT2D eigenvalue weighted by molar-refractivity contribution is 6.01. The average Bonchev–Trinajstić information content (AvgIpc) is 2.59. The molecule has 2 aromatic carbocycles. The number of halogens is 1. The number of anilines is 1. The number of carbonyl (C=O) groups excluding carboxylic acids is 2. The van der Waals surface area contributed by atoms with Gasteiger partial charge in [-0.25, -0.2) is 4.39 Å². The molecule has 0 bridgehead atoms. The molecule has 0 saturated carbocycles. The van der Waals surface area contributed by atoms with Gasteiger partial charge in [-0.15, -0.1) is 0 Å². The molecular weight excluding hydrogens is 323 g/mol. The Balaban J connectivity index is 1.75. The van der Waals surface area contributed by atoms with Gasteiger partial charge < -0.3 is 15.7 Å². The lowest BCUT2D eigenvalue weighted by molar-refractivity contribution is -0.127. The van der Waals surface area contributed by atoms with E-state index in [1.807, 2.05) is 18.2 Å². The Kier molecular flexibility index (Phi) is 4.55. The van der Waals surface area contributed by atoms with Crippen LogP contribution in [0.15, 0.2) is 48.5 Å². The highest BCUT2D eigenvalue weighted by atomic mass is 19.1. The van der Waals surface area contributed by atoms with Gasteiger partial charge in [-0.3, -0.25) is 9.59 Å². The van der Waals surface area contributed by atoms with Gasteiger partial charge in [0.1, 0.15) is 11.4 Å². The number of fused-ring (bicyclic) bond motifs is 1. The fraction of sp³-hybridized carbons (Fsp3) is 0.263. The van der Waals surface area contributed by atoms with Crippen LogP contribution in [0.3, 0.4) is 0 Å². The summed E-state index contributed by atoms with van der Waals surface area (Å²) in [7, 11) is 0. The van der Waals surface area contributed by atoms with Crippen LogP contribution in [0, 0.1) is 5.82 Å². The molecule has 0 fully saturated rings. The minimum atomic E-state index is -1.24. The van der Waals surface area contributed by atoms with Crippen LogP contribution in [-0.2, 0) is 15.2 Å². The molecule has 1 aliphatic heterocycles. The van der Waals surface area contributed by atoms with E-state index < -0.39 is 17.3 Å². The van der Waals surface area contributed by atoms with Gasteiger partial charge in [0.25, 0.3) is 0 Å². The molecule has 2 amide bonds. The number of aliphatic hydroxyl groups is 1. The first-order valence-electron chi connectivity index (χ1n) is 8.02. The first-order valence-corrected chi connectivity index (χ1v) is 8.02. The second kappa shape index (κ2) is 6.64. The SMILES string of the molecule is CC(O)(CNC(=O)C1CC(=O)Nc2cc(F)ccc21)c1ccccc1. The lowest BCUT2D eigenvalue weighted by Crippen LogP contribution is -2.42. The molecule has 0 aliphatic carbocycles. The van der Waals surface area contributed by atoms with Gasteiger partial charge in [-0.1, -0.05) is 36.4 Å². The van der Waals surface area contributed by atoms with E-state index in [2.05, 4.69) is 10.6 Å². The van der Waals surface area contributed by atoms with Crippen LogP contribution < -0.4 is 10.6 Å². The largest absolute Gasteiger partial charge is 0.384 e. The monoisotopic (exact) mass is 342 g/mol. The molecule has 0 aromatic heterocycles. The van der Waals surface area contributed by atoms with E-state index in [1.165, 1.54) is 18.2 Å². The van der Waals surface area contributed by atoms with Crippen LogP contribution >= 0.6 is 0 Å². The summed E-state index contributed by atoms with van der Waals surface area (Å²) < 4.78 is 13.4. The topological polar surface area (TPSA) is 78.4 Å². The first kappa shape index (κ1) is 17.1. The van der Waals surface area contributed by atoms with Crippen molar-refractivity contribution in [2.75, 3.05) is 11.9 Å². The van der Waals surface area contributed by atoms with Gasteiger partial charge in [0.15, 0.2) is 0 Å². The quantitative estimate of drug-likeness (QED) is 0.798. The number of carbonyl (C=O) groups is 2. The van der Waals surface area contributed by atoms with Crippen LogP contribution in [0.1, 0.15) is 30.4 Å². The average molecular weight is 342 g/mol. The summed E-state index contributed by atoms with van der Waals surface area (Å²) in [6.45, 7) is 1.62. The number of hydrogen-bond donors (Lipinski definition) is 3. The zero-order valence-corrected chi connectivity index (χ0v) is 13.8. The van der Waals surface area contributed by atoms with Gasteiger partial charge in [-0.05, 0) is 30.2 Å². The molecule has 5 nitrogen and oxygen atoms in total. The van der Waals surface area contributed by atoms with Crippen molar-refractivity contribution in [2.24, 2.45) is 0 Å². The zero-order valence-electron chi connectivity index (χ0n) is 13.8. The van der Waals surface area contributed by atoms with E-state index in [9.17, 15) is 19.1 Å². The van der Waals surface area contributed by atoms with Gasteiger partial charge >= 0.3 is 0 Å². The normalized spacial score (nSPS) is 18.7. The van der Waals surface area contributed by atoms with Crippen molar-refractivity contribution in [3.8, 4) is 0 Å². The molecule has 0 saturated heterocycles. The number of hydrogen-bond acceptors (Lipinski definition) is 3. The number of rotatable bonds is 4. The second-order valence-corrected chi connectivity index (χ2v) is 6.39. The molecule has 130 valence electrons. The molecule has 25 heavy (non-hydrogen) atoms. The van der Waals surface area contributed by atoms with E-state index >= 15 is 0 Å². The molecule has 3 rings (SSSR count). The van der Waals surface area contributed by atoms with Crippen LogP contribution in [0.4, 0.5) is 10.1 Å². The van der Waals surface area contributed by atoms with Crippen molar-refractivity contribution in [1.82, 2.24) is 5.32 Å². The number of amides is 2. The summed E-state index contributed by atoms with van der Waals surface area (Å²) >= 11 is 0. The lowest BCUT2D eigenvalue weighted by atomic mass is 9.89. The van der Waals surface area contributed by atoms with E-state index in [-0.39, 0.29) is 24.8 Å². The maximum Gasteiger partial charge on any atom is 0.228 e. The fourth-order valence-corrected chi connectivity index (χ4v) is 2.95. The first-order chi connectivity index (χ1) is 11.9. The predicted molar refractivity (Wildman–Crippen MR) is 91.4 cm³/mol. The highest BCUT2D eigenvalue weighted by Gasteiger charge is 2.32. The molecule has 2 aromatic rings. The van der Waals surface area contributed by atoms with E-state index in [0.717, 1.165) is 0 Å². The maximum absolute atomic E-state index is 13.4. The number of benzene rings is 2. The fourth-order valence-electron chi connectivity index (χ4n) is 2.95. The Morgan fingerprint density at radius 2 is 2.04 bits per heavy atom. The van der Waals surface area contributed by atoms with Crippen molar-refractivity contribution in [3.05, 3.63) is 65.5 Å². The van der Waals surface area contributed by atoms with Crippen molar-refractivity contribution >= 4 is 17.5 Å². The van der Waals surface area contributed by atoms with Crippen LogP contribution in [-0.4, -0.2) is 23.5 Å². The molecule has 6 heteroatoms. The third kappa shape index (κ3) is 3.69. The summed E-state index contributed by atoms with van der Waals surface area (Å²) in [4.78, 5) is 24.4. The van der Waals surface area contributed by atoms with Crippen molar-refractivity contribution in [2.45, 2.75) is 24.9 Å². The number of nitrogens with one attached hydrogen (secondary N) is 2. The highest BCUT2D eigenvalue weighted by Crippen LogP contribution is 2.33. The Morgan fingerprint density at radius 3 is 2.76 bits per heavy atom. The molecule has 2 unspecified atom stereocenters. The van der Waals surface area contributed by atoms with E-state index in [0.29, 0.717) is 16.8 Å². The standard InChI is InChI=1S/C19H19FN2O3/c1-19(25,12-5-3-2-4-6-12)11-21-18(24)15-10-17(23)22-16-9-13(20)7-8-14(15)16/h2-9,15,25H,10-11H2,1H3,(H,21,24)(H,22,23). The minimum Gasteiger partial charge on any atom is -0.384 e. The summed E-state index contributed by atoms with van der Waals surface area (Å²) in [6, 6.07) is 13.0. The van der Waals surface area contributed by atoms with E-state index in [4.69, 9.17) is 0 Å². The van der Waals surface area contributed by atoms with Crippen LogP contribution in [0.25, 0.3) is 0 Å². The van der Waals surface area contributed by atoms with Gasteiger partial charge in [-0.2, -0.15) is 0 Å². The van der Waals surface area contributed by atoms with Crippen molar-refractivity contribution < 1.29 is 19.1 Å². The third-order valence-corrected chi connectivity index (χ3v) is 4.37. The second-order valence-electron chi connectivity index (χ2n) is 6.39. The predicted octanol–water partition coefficient (Wildman–Crippen LogP) is 2.28. The zero-order chi connectivity index (χ0) is 18.0. The summed E-state index contributed by atoms with van der Waals surface area (Å²) in [5, 5.41) is 15.9. The maximum atomic E-state index is 13.4. The Labute approximate surface area is 144 Å². The molecule has 1 heterocycles.